The van der Waals surface area contributed by atoms with Gasteiger partial charge in [0.25, 0.3) is 5.56 Å². The Hall–Kier alpha value is -1.92. The normalized spacial score (nSPS) is 12.0. The second-order valence-electron chi connectivity index (χ2n) is 4.76. The molecule has 0 fully saturated rings. The van der Waals surface area contributed by atoms with Gasteiger partial charge in [0.1, 0.15) is 0 Å². The van der Waals surface area contributed by atoms with Crippen LogP contribution in [0.2, 0.25) is 0 Å². The standard InChI is InChI=1S/C15H16BrN3O2/c1-10(14(20)18-17)12-6-4-11(5-7-12)9-19-8-2-3-13(16)15(19)21/h2-8,10H,9,17H2,1H3,(H,18,20). The van der Waals surface area contributed by atoms with E-state index < -0.39 is 0 Å². The number of aromatic nitrogens is 1. The first kappa shape index (κ1) is 15.5. The highest BCUT2D eigenvalue weighted by atomic mass is 79.9. The Kier molecular flexibility index (Phi) is 4.93. The van der Waals surface area contributed by atoms with E-state index in [0.717, 1.165) is 11.1 Å². The zero-order chi connectivity index (χ0) is 15.4. The van der Waals surface area contributed by atoms with Gasteiger partial charge in [-0.1, -0.05) is 24.3 Å². The zero-order valence-electron chi connectivity index (χ0n) is 11.5. The number of carbonyl (C=O) groups is 1. The van der Waals surface area contributed by atoms with Crippen LogP contribution in [0.3, 0.4) is 0 Å². The maximum atomic E-state index is 11.9. The van der Waals surface area contributed by atoms with Crippen molar-refractivity contribution in [2.45, 2.75) is 19.4 Å². The zero-order valence-corrected chi connectivity index (χ0v) is 13.1. The molecule has 0 aliphatic rings. The molecular weight excluding hydrogens is 334 g/mol. The van der Waals surface area contributed by atoms with Gasteiger partial charge in [0, 0.05) is 6.20 Å². The first-order valence-electron chi connectivity index (χ1n) is 6.47. The average molecular weight is 350 g/mol. The van der Waals surface area contributed by atoms with Gasteiger partial charge in [-0.3, -0.25) is 15.0 Å². The van der Waals surface area contributed by atoms with Crippen LogP contribution in [0, 0.1) is 0 Å². The summed E-state index contributed by atoms with van der Waals surface area (Å²) in [6.45, 7) is 2.27. The summed E-state index contributed by atoms with van der Waals surface area (Å²) in [6, 6.07) is 11.1. The van der Waals surface area contributed by atoms with Crippen molar-refractivity contribution in [3.8, 4) is 0 Å². The fraction of sp³-hybridized carbons (Fsp3) is 0.200. The summed E-state index contributed by atoms with van der Waals surface area (Å²) in [5, 5.41) is 0. The van der Waals surface area contributed by atoms with Crippen molar-refractivity contribution in [1.82, 2.24) is 9.99 Å². The number of rotatable bonds is 4. The van der Waals surface area contributed by atoms with Gasteiger partial charge in [-0.15, -0.1) is 0 Å². The van der Waals surface area contributed by atoms with Gasteiger partial charge in [-0.05, 0) is 46.1 Å². The van der Waals surface area contributed by atoms with Crippen molar-refractivity contribution < 1.29 is 4.79 Å². The molecule has 21 heavy (non-hydrogen) atoms. The minimum absolute atomic E-state index is 0.0718. The molecule has 5 nitrogen and oxygen atoms in total. The van der Waals surface area contributed by atoms with Crippen LogP contribution in [0.25, 0.3) is 0 Å². The number of benzene rings is 1. The first-order valence-corrected chi connectivity index (χ1v) is 7.26. The van der Waals surface area contributed by atoms with Crippen molar-refractivity contribution in [2.75, 3.05) is 0 Å². The summed E-state index contributed by atoms with van der Waals surface area (Å²) in [6.07, 6.45) is 1.74. The maximum absolute atomic E-state index is 11.9. The number of pyridine rings is 1. The van der Waals surface area contributed by atoms with Gasteiger partial charge < -0.3 is 4.57 Å². The van der Waals surface area contributed by atoms with Gasteiger partial charge in [0.2, 0.25) is 5.91 Å². The second-order valence-corrected chi connectivity index (χ2v) is 5.62. The number of nitrogens with one attached hydrogen (secondary N) is 1. The van der Waals surface area contributed by atoms with Gasteiger partial charge in [0.15, 0.2) is 0 Å². The SMILES string of the molecule is CC(C(=O)NN)c1ccc(Cn2cccc(Br)c2=O)cc1. The first-order chi connectivity index (χ1) is 10.0. The van der Waals surface area contributed by atoms with E-state index in [9.17, 15) is 9.59 Å². The highest BCUT2D eigenvalue weighted by molar-refractivity contribution is 9.10. The number of hydrogen-bond acceptors (Lipinski definition) is 3. The molecule has 0 radical (unpaired) electrons. The Labute approximate surface area is 130 Å². The molecule has 1 heterocycles. The van der Waals surface area contributed by atoms with Crippen LogP contribution in [-0.4, -0.2) is 10.5 Å². The predicted molar refractivity (Wildman–Crippen MR) is 84.7 cm³/mol. The highest BCUT2D eigenvalue weighted by Gasteiger charge is 2.13. The van der Waals surface area contributed by atoms with Crippen LogP contribution in [0.4, 0.5) is 0 Å². The van der Waals surface area contributed by atoms with Crippen LogP contribution in [-0.2, 0) is 11.3 Å². The molecule has 110 valence electrons. The van der Waals surface area contributed by atoms with E-state index >= 15 is 0 Å². The monoisotopic (exact) mass is 349 g/mol. The van der Waals surface area contributed by atoms with Gasteiger partial charge in [-0.25, -0.2) is 5.84 Å². The molecule has 2 aromatic rings. The van der Waals surface area contributed by atoms with E-state index in [-0.39, 0.29) is 17.4 Å². The van der Waals surface area contributed by atoms with Crippen LogP contribution in [0.5, 0.6) is 0 Å². The van der Waals surface area contributed by atoms with Gasteiger partial charge >= 0.3 is 0 Å². The molecule has 1 amide bonds. The summed E-state index contributed by atoms with van der Waals surface area (Å²) in [7, 11) is 0. The molecule has 0 saturated carbocycles. The van der Waals surface area contributed by atoms with E-state index in [1.165, 1.54) is 0 Å². The molecule has 2 rings (SSSR count). The number of hydrazine groups is 1. The predicted octanol–water partition coefficient (Wildman–Crippen LogP) is 1.75. The fourth-order valence-corrected chi connectivity index (χ4v) is 2.40. The molecular formula is C15H16BrN3O2. The largest absolute Gasteiger partial charge is 0.310 e. The van der Waals surface area contributed by atoms with E-state index in [4.69, 9.17) is 5.84 Å². The lowest BCUT2D eigenvalue weighted by Gasteiger charge is -2.11. The molecule has 1 aromatic heterocycles. The average Bonchev–Trinajstić information content (AvgIpc) is 2.51. The van der Waals surface area contributed by atoms with Gasteiger partial charge in [0.05, 0.1) is 16.9 Å². The topological polar surface area (TPSA) is 77.1 Å². The Balaban J connectivity index is 2.18. The highest BCUT2D eigenvalue weighted by Crippen LogP contribution is 2.16. The lowest BCUT2D eigenvalue weighted by atomic mass is 9.99. The third kappa shape index (κ3) is 3.59. The second kappa shape index (κ2) is 6.69. The number of nitrogens with two attached hydrogens (primary N) is 1. The summed E-state index contributed by atoms with van der Waals surface area (Å²) < 4.78 is 2.16. The lowest BCUT2D eigenvalue weighted by molar-refractivity contribution is -0.122. The quantitative estimate of drug-likeness (QED) is 0.501. The summed E-state index contributed by atoms with van der Waals surface area (Å²) in [5.41, 5.74) is 3.93. The molecule has 3 N–H and O–H groups in total. The Bertz CT molecular complexity index is 695. The Morgan fingerprint density at radius 2 is 2.00 bits per heavy atom. The third-order valence-electron chi connectivity index (χ3n) is 3.34. The van der Waals surface area contributed by atoms with Crippen molar-refractivity contribution in [1.29, 1.82) is 0 Å². The molecule has 0 bridgehead atoms. The van der Waals surface area contributed by atoms with Crippen LogP contribution in [0.1, 0.15) is 24.0 Å². The minimum atomic E-state index is -0.308. The van der Waals surface area contributed by atoms with E-state index in [2.05, 4.69) is 21.4 Å². The van der Waals surface area contributed by atoms with Crippen molar-refractivity contribution in [3.63, 3.8) is 0 Å². The van der Waals surface area contributed by atoms with E-state index in [0.29, 0.717) is 11.0 Å². The Morgan fingerprint density at radius 3 is 2.62 bits per heavy atom. The number of carbonyl (C=O) groups excluding carboxylic acids is 1. The summed E-state index contributed by atoms with van der Waals surface area (Å²) in [5.74, 6) is 4.59. The molecule has 6 heteroatoms. The fourth-order valence-electron chi connectivity index (χ4n) is 2.02. The molecule has 0 aliphatic heterocycles. The summed E-state index contributed by atoms with van der Waals surface area (Å²) in [4.78, 5) is 23.4. The number of halogens is 1. The van der Waals surface area contributed by atoms with E-state index in [1.54, 1.807) is 23.8 Å². The molecule has 1 aromatic carbocycles. The number of hydrogen-bond donors (Lipinski definition) is 2. The van der Waals surface area contributed by atoms with Crippen LogP contribution in [0.15, 0.2) is 51.9 Å². The number of amides is 1. The van der Waals surface area contributed by atoms with E-state index in [1.807, 2.05) is 30.3 Å². The molecule has 1 unspecified atom stereocenters. The molecule has 0 spiro atoms. The number of nitrogens with zero attached hydrogens (tertiary/aromatic N) is 1. The van der Waals surface area contributed by atoms with Crippen LogP contribution >= 0.6 is 15.9 Å². The Morgan fingerprint density at radius 1 is 1.33 bits per heavy atom. The van der Waals surface area contributed by atoms with Crippen molar-refractivity contribution in [2.24, 2.45) is 5.84 Å². The van der Waals surface area contributed by atoms with Crippen molar-refractivity contribution >= 4 is 21.8 Å². The molecule has 0 saturated heterocycles. The van der Waals surface area contributed by atoms with Crippen molar-refractivity contribution in [3.05, 3.63) is 68.5 Å². The maximum Gasteiger partial charge on any atom is 0.265 e. The minimum Gasteiger partial charge on any atom is -0.310 e. The lowest BCUT2D eigenvalue weighted by Crippen LogP contribution is -2.33. The molecule has 0 aliphatic carbocycles. The summed E-state index contributed by atoms with van der Waals surface area (Å²) >= 11 is 3.22. The smallest absolute Gasteiger partial charge is 0.265 e. The van der Waals surface area contributed by atoms with Gasteiger partial charge in [-0.2, -0.15) is 0 Å². The third-order valence-corrected chi connectivity index (χ3v) is 3.95. The van der Waals surface area contributed by atoms with Crippen LogP contribution < -0.4 is 16.8 Å². The molecule has 1 atom stereocenters.